The molecule has 0 fully saturated rings. The molecule has 2 aromatic carbocycles. The molecule has 2 rings (SSSR count). The van der Waals surface area contributed by atoms with E-state index in [0.29, 0.717) is 11.3 Å². The molecule has 0 aromatic heterocycles. The largest absolute Gasteiger partial charge is 0.424 e. The van der Waals surface area contributed by atoms with Crippen LogP contribution >= 0.6 is 0 Å². The number of hydrogen-bond acceptors (Lipinski definition) is 5. The predicted molar refractivity (Wildman–Crippen MR) is 92.0 cm³/mol. The first kappa shape index (κ1) is 18.2. The summed E-state index contributed by atoms with van der Waals surface area (Å²) >= 11 is 0. The highest BCUT2D eigenvalue weighted by molar-refractivity contribution is 5.95. The van der Waals surface area contributed by atoms with Crippen LogP contribution in [0, 0.1) is 5.92 Å². The molecule has 0 radical (unpaired) electrons. The first-order valence-corrected chi connectivity index (χ1v) is 7.77. The van der Waals surface area contributed by atoms with Gasteiger partial charge in [-0.25, -0.2) is 9.59 Å². The molecule has 6 heteroatoms. The molecule has 130 valence electrons. The number of nitrogens with one attached hydrogen (secondary N) is 1. The molecule has 1 N–H and O–H groups in total. The Labute approximate surface area is 145 Å². The van der Waals surface area contributed by atoms with Gasteiger partial charge in [0.15, 0.2) is 0 Å². The summed E-state index contributed by atoms with van der Waals surface area (Å²) < 4.78 is 9.83. The van der Waals surface area contributed by atoms with E-state index in [4.69, 9.17) is 9.47 Å². The van der Waals surface area contributed by atoms with Crippen LogP contribution in [0.25, 0.3) is 0 Å². The van der Waals surface area contributed by atoms with Crippen LogP contribution in [0.1, 0.15) is 34.6 Å². The third-order valence-electron chi connectivity index (χ3n) is 3.28. The second-order valence-corrected chi connectivity index (χ2v) is 5.57. The molecular formula is C19H19NO5. The van der Waals surface area contributed by atoms with Crippen molar-refractivity contribution in [2.75, 3.05) is 12.1 Å². The summed E-state index contributed by atoms with van der Waals surface area (Å²) in [6, 6.07) is 14.8. The zero-order chi connectivity index (χ0) is 18.2. The maximum atomic E-state index is 12.0. The molecule has 0 saturated heterocycles. The van der Waals surface area contributed by atoms with Crippen LogP contribution in [-0.2, 0) is 14.3 Å². The van der Waals surface area contributed by atoms with Gasteiger partial charge in [0.05, 0.1) is 11.1 Å². The Morgan fingerprint density at radius 2 is 1.48 bits per heavy atom. The lowest BCUT2D eigenvalue weighted by atomic mass is 10.1. The molecule has 0 heterocycles. The van der Waals surface area contributed by atoms with Crippen molar-refractivity contribution in [1.29, 1.82) is 0 Å². The van der Waals surface area contributed by atoms with Crippen molar-refractivity contribution in [3.05, 3.63) is 65.7 Å². The van der Waals surface area contributed by atoms with Crippen molar-refractivity contribution in [1.82, 2.24) is 0 Å². The third-order valence-corrected chi connectivity index (χ3v) is 3.28. The zero-order valence-electron chi connectivity index (χ0n) is 14.0. The minimum Gasteiger partial charge on any atom is -0.424 e. The Kier molecular flexibility index (Phi) is 6.28. The van der Waals surface area contributed by atoms with Crippen molar-refractivity contribution < 1.29 is 23.9 Å². The minimum atomic E-state index is -0.651. The van der Waals surface area contributed by atoms with Gasteiger partial charge in [0.25, 0.3) is 0 Å². The summed E-state index contributed by atoms with van der Waals surface area (Å²) in [5.74, 6) is -1.55. The highest BCUT2D eigenvalue weighted by Crippen LogP contribution is 2.13. The molecule has 0 spiro atoms. The minimum absolute atomic E-state index is 0.151. The summed E-state index contributed by atoms with van der Waals surface area (Å²) in [7, 11) is 0. The second-order valence-electron chi connectivity index (χ2n) is 5.57. The van der Waals surface area contributed by atoms with E-state index >= 15 is 0 Å². The fraction of sp³-hybridized carbons (Fsp3) is 0.211. The first-order chi connectivity index (χ1) is 12.0. The average molecular weight is 341 g/mol. The highest BCUT2D eigenvalue weighted by atomic mass is 16.7. The van der Waals surface area contributed by atoms with Crippen LogP contribution in [-0.4, -0.2) is 24.6 Å². The molecule has 0 aliphatic carbocycles. The number of esters is 2. The third kappa shape index (κ3) is 5.46. The van der Waals surface area contributed by atoms with Crippen molar-refractivity contribution in [2.24, 2.45) is 5.92 Å². The normalized spacial score (nSPS) is 10.2. The van der Waals surface area contributed by atoms with Gasteiger partial charge in [0.1, 0.15) is 0 Å². The maximum absolute atomic E-state index is 12.0. The fourth-order valence-electron chi connectivity index (χ4n) is 1.89. The number of ether oxygens (including phenoxy) is 2. The predicted octanol–water partition coefficient (Wildman–Crippen LogP) is 3.25. The SMILES string of the molecule is CC(C)C(=O)Nc1cccc(C(=O)OCOC(=O)c2ccccc2)c1. The number of benzene rings is 2. The second kappa shape index (κ2) is 8.63. The lowest BCUT2D eigenvalue weighted by Crippen LogP contribution is -2.18. The van der Waals surface area contributed by atoms with Crippen LogP contribution in [0.4, 0.5) is 5.69 Å². The van der Waals surface area contributed by atoms with Gasteiger partial charge in [-0.3, -0.25) is 4.79 Å². The van der Waals surface area contributed by atoms with Gasteiger partial charge in [-0.05, 0) is 30.3 Å². The molecule has 1 amide bonds. The Hall–Kier alpha value is -3.15. The topological polar surface area (TPSA) is 81.7 Å². The summed E-state index contributed by atoms with van der Waals surface area (Å²) in [5.41, 5.74) is 1.11. The first-order valence-electron chi connectivity index (χ1n) is 7.77. The molecule has 0 aliphatic heterocycles. The lowest BCUT2D eigenvalue weighted by Gasteiger charge is -2.09. The van der Waals surface area contributed by atoms with E-state index in [-0.39, 0.29) is 17.4 Å². The number of carbonyl (C=O) groups is 3. The number of anilines is 1. The number of carbonyl (C=O) groups excluding carboxylic acids is 3. The van der Waals surface area contributed by atoms with E-state index in [1.165, 1.54) is 6.07 Å². The molecule has 0 unspecified atom stereocenters. The smallest absolute Gasteiger partial charge is 0.341 e. The van der Waals surface area contributed by atoms with Crippen LogP contribution < -0.4 is 5.32 Å². The van der Waals surface area contributed by atoms with Crippen molar-refractivity contribution in [3.63, 3.8) is 0 Å². The van der Waals surface area contributed by atoms with Gasteiger partial charge in [0, 0.05) is 11.6 Å². The van der Waals surface area contributed by atoms with Crippen LogP contribution in [0.3, 0.4) is 0 Å². The number of amides is 1. The van der Waals surface area contributed by atoms with Gasteiger partial charge in [-0.15, -0.1) is 0 Å². The maximum Gasteiger partial charge on any atom is 0.341 e. The molecule has 0 atom stereocenters. The zero-order valence-corrected chi connectivity index (χ0v) is 14.0. The molecule has 6 nitrogen and oxygen atoms in total. The van der Waals surface area contributed by atoms with Crippen LogP contribution in [0.15, 0.2) is 54.6 Å². The molecule has 0 aliphatic rings. The van der Waals surface area contributed by atoms with Crippen molar-refractivity contribution in [3.8, 4) is 0 Å². The van der Waals surface area contributed by atoms with Gasteiger partial charge >= 0.3 is 11.9 Å². The van der Waals surface area contributed by atoms with E-state index in [0.717, 1.165) is 0 Å². The lowest BCUT2D eigenvalue weighted by molar-refractivity contribution is -0.118. The van der Waals surface area contributed by atoms with E-state index in [9.17, 15) is 14.4 Å². The standard InChI is InChI=1S/C19H19NO5/c1-13(2)17(21)20-16-10-6-9-15(11-16)19(23)25-12-24-18(22)14-7-4-3-5-8-14/h3-11,13H,12H2,1-2H3,(H,20,21). The highest BCUT2D eigenvalue weighted by Gasteiger charge is 2.12. The Morgan fingerprint density at radius 1 is 0.880 bits per heavy atom. The molecule has 0 saturated carbocycles. The summed E-state index contributed by atoms with van der Waals surface area (Å²) in [5, 5.41) is 2.70. The van der Waals surface area contributed by atoms with Gasteiger partial charge < -0.3 is 14.8 Å². The fourth-order valence-corrected chi connectivity index (χ4v) is 1.89. The Balaban J connectivity index is 1.88. The Morgan fingerprint density at radius 3 is 2.12 bits per heavy atom. The van der Waals surface area contributed by atoms with Crippen LogP contribution in [0.2, 0.25) is 0 Å². The number of hydrogen-bond donors (Lipinski definition) is 1. The average Bonchev–Trinajstić information content (AvgIpc) is 2.62. The summed E-state index contributed by atoms with van der Waals surface area (Å²) in [4.78, 5) is 35.4. The van der Waals surface area contributed by atoms with Crippen molar-refractivity contribution in [2.45, 2.75) is 13.8 Å². The van der Waals surface area contributed by atoms with Gasteiger partial charge in [-0.1, -0.05) is 38.1 Å². The van der Waals surface area contributed by atoms with Gasteiger partial charge in [-0.2, -0.15) is 0 Å². The molecule has 0 bridgehead atoms. The van der Waals surface area contributed by atoms with Crippen molar-refractivity contribution >= 4 is 23.5 Å². The van der Waals surface area contributed by atoms with E-state index < -0.39 is 18.7 Å². The number of rotatable bonds is 6. The van der Waals surface area contributed by atoms with Gasteiger partial charge in [0.2, 0.25) is 12.7 Å². The van der Waals surface area contributed by atoms with Crippen LogP contribution in [0.5, 0.6) is 0 Å². The van der Waals surface area contributed by atoms with E-state index in [1.54, 1.807) is 62.4 Å². The molecule has 25 heavy (non-hydrogen) atoms. The quantitative estimate of drug-likeness (QED) is 0.644. The van der Waals surface area contributed by atoms with E-state index in [1.807, 2.05) is 0 Å². The van der Waals surface area contributed by atoms with E-state index in [2.05, 4.69) is 5.32 Å². The monoisotopic (exact) mass is 341 g/mol. The summed E-state index contributed by atoms with van der Waals surface area (Å²) in [6.45, 7) is 3.05. The molecular weight excluding hydrogens is 322 g/mol. The summed E-state index contributed by atoms with van der Waals surface area (Å²) in [6.07, 6.45) is 0. The molecule has 2 aromatic rings. The Bertz CT molecular complexity index is 755.